The summed E-state index contributed by atoms with van der Waals surface area (Å²) >= 11 is 0. The maximum atomic E-state index is 11.9. The fraction of sp³-hybridized carbons (Fsp3) is 0.300. The number of fused-ring (bicyclic) bond motifs is 1. The molecule has 0 spiro atoms. The first-order chi connectivity index (χ1) is 7.70. The van der Waals surface area contributed by atoms with Gasteiger partial charge in [-0.3, -0.25) is 4.57 Å². The molecule has 0 radical (unpaired) electrons. The summed E-state index contributed by atoms with van der Waals surface area (Å²) in [6, 6.07) is 3.33. The van der Waals surface area contributed by atoms with Crippen LogP contribution in [0.2, 0.25) is 0 Å². The van der Waals surface area contributed by atoms with E-state index in [0.717, 1.165) is 17.4 Å². The van der Waals surface area contributed by atoms with Gasteiger partial charge in [0.2, 0.25) is 0 Å². The average Bonchev–Trinajstić information content (AvgIpc) is 3.01. The van der Waals surface area contributed by atoms with Crippen LogP contribution in [-0.2, 0) is 0 Å². The fourth-order valence-corrected chi connectivity index (χ4v) is 1.90. The molecular formula is C10H9N3O3. The highest BCUT2D eigenvalue weighted by molar-refractivity contribution is 5.83. The Morgan fingerprint density at radius 2 is 2.25 bits per heavy atom. The number of imidazole rings is 1. The van der Waals surface area contributed by atoms with E-state index in [1.165, 1.54) is 4.57 Å². The van der Waals surface area contributed by atoms with E-state index in [1.807, 2.05) is 0 Å². The predicted molar refractivity (Wildman–Crippen MR) is 55.7 cm³/mol. The molecule has 1 aliphatic carbocycles. The van der Waals surface area contributed by atoms with E-state index >= 15 is 0 Å². The Hall–Kier alpha value is -2.11. The van der Waals surface area contributed by atoms with E-state index in [-0.39, 0.29) is 6.04 Å². The van der Waals surface area contributed by atoms with Gasteiger partial charge < -0.3 is 5.11 Å². The molecule has 2 heterocycles. The summed E-state index contributed by atoms with van der Waals surface area (Å²) in [5.41, 5.74) is 0.299. The second kappa shape index (κ2) is 2.94. The van der Waals surface area contributed by atoms with E-state index in [2.05, 4.69) is 4.98 Å². The summed E-state index contributed by atoms with van der Waals surface area (Å²) in [6.45, 7) is 0. The van der Waals surface area contributed by atoms with Gasteiger partial charge in [0.05, 0.1) is 0 Å². The number of hydrogen-bond donors (Lipinski definition) is 1. The first kappa shape index (κ1) is 9.14. The van der Waals surface area contributed by atoms with Crippen molar-refractivity contribution in [2.45, 2.75) is 18.9 Å². The van der Waals surface area contributed by atoms with E-state index in [0.29, 0.717) is 11.2 Å². The largest absolute Gasteiger partial charge is 0.464 e. The lowest BCUT2D eigenvalue weighted by atomic mass is 10.4. The maximum absolute atomic E-state index is 11.9. The van der Waals surface area contributed by atoms with Crippen LogP contribution in [-0.4, -0.2) is 25.3 Å². The molecule has 1 aliphatic rings. The van der Waals surface area contributed by atoms with E-state index < -0.39 is 11.8 Å². The lowest BCUT2D eigenvalue weighted by molar-refractivity contribution is 0.196. The second-order valence-corrected chi connectivity index (χ2v) is 3.85. The molecule has 6 heteroatoms. The van der Waals surface area contributed by atoms with Crippen molar-refractivity contribution in [1.82, 2.24) is 14.1 Å². The van der Waals surface area contributed by atoms with Crippen LogP contribution in [0.15, 0.2) is 23.1 Å². The van der Waals surface area contributed by atoms with Gasteiger partial charge in [-0.2, -0.15) is 4.57 Å². The molecule has 0 aromatic carbocycles. The highest BCUT2D eigenvalue weighted by atomic mass is 16.4. The van der Waals surface area contributed by atoms with Crippen molar-refractivity contribution in [3.63, 3.8) is 0 Å². The number of pyridine rings is 1. The average molecular weight is 219 g/mol. The molecule has 1 fully saturated rings. The molecule has 0 saturated heterocycles. The van der Waals surface area contributed by atoms with Gasteiger partial charge in [-0.15, -0.1) is 0 Å². The Morgan fingerprint density at radius 1 is 1.50 bits per heavy atom. The van der Waals surface area contributed by atoms with Gasteiger partial charge in [-0.05, 0) is 25.0 Å². The van der Waals surface area contributed by atoms with Gasteiger partial charge in [-0.1, -0.05) is 0 Å². The van der Waals surface area contributed by atoms with Gasteiger partial charge >= 0.3 is 11.8 Å². The van der Waals surface area contributed by atoms with Crippen LogP contribution in [0.3, 0.4) is 0 Å². The summed E-state index contributed by atoms with van der Waals surface area (Å²) in [4.78, 5) is 27.0. The Balaban J connectivity index is 2.45. The molecule has 1 N–H and O–H groups in total. The van der Waals surface area contributed by atoms with Gasteiger partial charge in [0.1, 0.15) is 5.52 Å². The molecule has 0 amide bonds. The Kier molecular flexibility index (Phi) is 1.68. The van der Waals surface area contributed by atoms with Crippen molar-refractivity contribution in [2.24, 2.45) is 0 Å². The van der Waals surface area contributed by atoms with Crippen LogP contribution >= 0.6 is 0 Å². The second-order valence-electron chi connectivity index (χ2n) is 3.85. The van der Waals surface area contributed by atoms with Crippen molar-refractivity contribution < 1.29 is 9.90 Å². The SMILES string of the molecule is O=C(O)n1c(=O)n(C2CC2)c2ncccc21. The molecular weight excluding hydrogens is 210 g/mol. The number of carboxylic acid groups (broad SMARTS) is 1. The number of rotatable bonds is 1. The zero-order chi connectivity index (χ0) is 11.3. The van der Waals surface area contributed by atoms with Crippen LogP contribution < -0.4 is 5.69 Å². The van der Waals surface area contributed by atoms with Crippen molar-refractivity contribution in [1.29, 1.82) is 0 Å². The molecule has 2 aromatic rings. The highest BCUT2D eigenvalue weighted by Crippen LogP contribution is 2.35. The molecule has 0 aliphatic heterocycles. The lowest BCUT2D eigenvalue weighted by Crippen LogP contribution is -2.27. The lowest BCUT2D eigenvalue weighted by Gasteiger charge is -1.96. The van der Waals surface area contributed by atoms with Gasteiger partial charge in [0.15, 0.2) is 5.65 Å². The summed E-state index contributed by atoms with van der Waals surface area (Å²) in [5.74, 6) is 0. The Morgan fingerprint density at radius 3 is 2.88 bits per heavy atom. The van der Waals surface area contributed by atoms with Gasteiger partial charge in [-0.25, -0.2) is 14.6 Å². The van der Waals surface area contributed by atoms with E-state index in [9.17, 15) is 9.59 Å². The van der Waals surface area contributed by atoms with Crippen LogP contribution in [0.25, 0.3) is 11.2 Å². The molecule has 0 unspecified atom stereocenters. The summed E-state index contributed by atoms with van der Waals surface area (Å²) in [7, 11) is 0. The standard InChI is InChI=1S/C10H9N3O3/c14-9-12(6-3-4-6)8-7(2-1-5-11-8)13(9)10(15)16/h1-2,5-6H,3-4H2,(H,15,16). The molecule has 82 valence electrons. The third-order valence-corrected chi connectivity index (χ3v) is 2.74. The van der Waals surface area contributed by atoms with Gasteiger partial charge in [0.25, 0.3) is 0 Å². The number of nitrogens with zero attached hydrogens (tertiary/aromatic N) is 3. The van der Waals surface area contributed by atoms with Crippen LogP contribution in [0.5, 0.6) is 0 Å². The van der Waals surface area contributed by atoms with Gasteiger partial charge in [0, 0.05) is 12.2 Å². The fourth-order valence-electron chi connectivity index (χ4n) is 1.90. The minimum atomic E-state index is -1.26. The van der Waals surface area contributed by atoms with E-state index in [1.54, 1.807) is 18.3 Å². The minimum Gasteiger partial charge on any atom is -0.464 e. The van der Waals surface area contributed by atoms with Crippen LogP contribution in [0.4, 0.5) is 4.79 Å². The minimum absolute atomic E-state index is 0.116. The molecule has 1 saturated carbocycles. The van der Waals surface area contributed by atoms with Crippen LogP contribution in [0, 0.1) is 0 Å². The first-order valence-electron chi connectivity index (χ1n) is 5.01. The molecule has 2 aromatic heterocycles. The zero-order valence-corrected chi connectivity index (χ0v) is 8.33. The Bertz CT molecular complexity index is 636. The van der Waals surface area contributed by atoms with Crippen molar-refractivity contribution in [3.05, 3.63) is 28.8 Å². The summed E-state index contributed by atoms with van der Waals surface area (Å²) < 4.78 is 2.23. The molecule has 3 rings (SSSR count). The maximum Gasteiger partial charge on any atom is 0.420 e. The molecule has 0 atom stereocenters. The molecule has 16 heavy (non-hydrogen) atoms. The highest BCUT2D eigenvalue weighted by Gasteiger charge is 2.30. The van der Waals surface area contributed by atoms with Crippen LogP contribution in [0.1, 0.15) is 18.9 Å². The Labute approximate surface area is 89.8 Å². The molecule has 6 nitrogen and oxygen atoms in total. The smallest absolute Gasteiger partial charge is 0.420 e. The monoisotopic (exact) mass is 219 g/mol. The number of hydrogen-bond acceptors (Lipinski definition) is 3. The first-order valence-corrected chi connectivity index (χ1v) is 5.01. The number of aromatic nitrogens is 3. The van der Waals surface area contributed by atoms with Crippen molar-refractivity contribution >= 4 is 17.3 Å². The molecule has 0 bridgehead atoms. The normalized spacial score (nSPS) is 15.5. The van der Waals surface area contributed by atoms with Crippen molar-refractivity contribution in [3.8, 4) is 0 Å². The summed E-state index contributed by atoms with van der Waals surface area (Å²) in [6.07, 6.45) is 2.12. The predicted octanol–water partition coefficient (Wildman–Crippen LogP) is 1.06. The van der Waals surface area contributed by atoms with Crippen molar-refractivity contribution in [2.75, 3.05) is 0 Å². The quantitative estimate of drug-likeness (QED) is 0.777. The topological polar surface area (TPSA) is 77.1 Å². The van der Waals surface area contributed by atoms with E-state index in [4.69, 9.17) is 5.11 Å². The number of carbonyl (C=O) groups is 1. The zero-order valence-electron chi connectivity index (χ0n) is 8.33. The third-order valence-electron chi connectivity index (χ3n) is 2.74. The summed E-state index contributed by atoms with van der Waals surface area (Å²) in [5, 5.41) is 9.00. The third kappa shape index (κ3) is 1.09.